The second kappa shape index (κ2) is 7.35. The smallest absolute Gasteiger partial charge is 0.366 e. The zero-order valence-corrected chi connectivity index (χ0v) is 12.9. The van der Waals surface area contributed by atoms with Gasteiger partial charge in [-0.3, -0.25) is 4.79 Å². The molecule has 7 heteroatoms. The second-order valence-corrected chi connectivity index (χ2v) is 5.29. The van der Waals surface area contributed by atoms with E-state index in [0.29, 0.717) is 18.8 Å². The van der Waals surface area contributed by atoms with Crippen LogP contribution in [0.1, 0.15) is 21.5 Å². The van der Waals surface area contributed by atoms with E-state index in [0.717, 1.165) is 17.7 Å². The molecule has 0 radical (unpaired) electrons. The molecule has 4 nitrogen and oxygen atoms in total. The van der Waals surface area contributed by atoms with E-state index in [9.17, 15) is 18.0 Å². The number of hydrogen-bond donors (Lipinski definition) is 2. The van der Waals surface area contributed by atoms with Crippen molar-refractivity contribution in [3.8, 4) is 0 Å². The first-order chi connectivity index (χ1) is 11.3. The first-order valence-corrected chi connectivity index (χ1v) is 7.33. The van der Waals surface area contributed by atoms with Gasteiger partial charge in [-0.05, 0) is 23.8 Å². The van der Waals surface area contributed by atoms with Crippen LogP contribution in [0, 0.1) is 0 Å². The molecular formula is C17H18F3N3O. The monoisotopic (exact) mass is 337 g/mol. The van der Waals surface area contributed by atoms with Crippen LogP contribution in [0.4, 0.5) is 18.9 Å². The number of anilines is 1. The van der Waals surface area contributed by atoms with E-state index < -0.39 is 17.6 Å². The lowest BCUT2D eigenvalue weighted by Crippen LogP contribution is -2.31. The first kappa shape index (κ1) is 17.8. The topological polar surface area (TPSA) is 72.3 Å². The number of alkyl halides is 3. The van der Waals surface area contributed by atoms with Crippen LogP contribution >= 0.6 is 0 Å². The number of benzene rings is 2. The molecule has 0 spiro atoms. The summed E-state index contributed by atoms with van der Waals surface area (Å²) >= 11 is 0. The van der Waals surface area contributed by atoms with Crippen LogP contribution in [-0.2, 0) is 12.7 Å². The Morgan fingerprint density at radius 2 is 1.75 bits per heavy atom. The molecular weight excluding hydrogens is 319 g/mol. The van der Waals surface area contributed by atoms with Gasteiger partial charge in [-0.15, -0.1) is 0 Å². The van der Waals surface area contributed by atoms with Crippen molar-refractivity contribution in [2.45, 2.75) is 12.7 Å². The molecule has 0 fully saturated rings. The van der Waals surface area contributed by atoms with Gasteiger partial charge in [0.15, 0.2) is 0 Å². The van der Waals surface area contributed by atoms with Crippen LogP contribution in [0.5, 0.6) is 0 Å². The predicted molar refractivity (Wildman–Crippen MR) is 86.5 cm³/mol. The van der Waals surface area contributed by atoms with Crippen molar-refractivity contribution in [1.29, 1.82) is 0 Å². The van der Waals surface area contributed by atoms with E-state index in [1.165, 1.54) is 6.07 Å². The van der Waals surface area contributed by atoms with E-state index in [1.807, 2.05) is 30.3 Å². The van der Waals surface area contributed by atoms with Crippen LogP contribution in [0.15, 0.2) is 48.5 Å². The van der Waals surface area contributed by atoms with Crippen LogP contribution in [0.2, 0.25) is 0 Å². The highest BCUT2D eigenvalue weighted by molar-refractivity contribution is 5.99. The van der Waals surface area contributed by atoms with Crippen molar-refractivity contribution in [2.75, 3.05) is 18.0 Å². The summed E-state index contributed by atoms with van der Waals surface area (Å²) < 4.78 is 38.6. The van der Waals surface area contributed by atoms with Gasteiger partial charge in [-0.2, -0.15) is 13.2 Å². The largest absolute Gasteiger partial charge is 0.416 e. The summed E-state index contributed by atoms with van der Waals surface area (Å²) in [5, 5.41) is 0. The Labute approximate surface area is 137 Å². The van der Waals surface area contributed by atoms with Gasteiger partial charge in [-0.25, -0.2) is 0 Å². The molecule has 0 aliphatic heterocycles. The molecule has 2 aromatic carbocycles. The number of carbonyl (C=O) groups excluding carboxylic acids is 1. The van der Waals surface area contributed by atoms with Crippen molar-refractivity contribution >= 4 is 11.6 Å². The number of rotatable bonds is 6. The molecule has 0 unspecified atom stereocenters. The molecule has 0 saturated heterocycles. The fourth-order valence-electron chi connectivity index (χ4n) is 2.43. The third kappa shape index (κ3) is 4.26. The molecule has 128 valence electrons. The molecule has 0 aliphatic carbocycles. The van der Waals surface area contributed by atoms with Gasteiger partial charge in [0.2, 0.25) is 0 Å². The highest BCUT2D eigenvalue weighted by atomic mass is 19.4. The fourth-order valence-corrected chi connectivity index (χ4v) is 2.43. The Morgan fingerprint density at radius 3 is 2.29 bits per heavy atom. The molecule has 0 atom stereocenters. The van der Waals surface area contributed by atoms with Gasteiger partial charge >= 0.3 is 6.18 Å². The number of hydrogen-bond acceptors (Lipinski definition) is 3. The quantitative estimate of drug-likeness (QED) is 0.851. The number of amides is 1. The van der Waals surface area contributed by atoms with Gasteiger partial charge in [0, 0.05) is 25.3 Å². The summed E-state index contributed by atoms with van der Waals surface area (Å²) in [7, 11) is 0. The summed E-state index contributed by atoms with van der Waals surface area (Å²) in [6, 6.07) is 12.3. The molecule has 0 aliphatic rings. The summed E-state index contributed by atoms with van der Waals surface area (Å²) in [4.78, 5) is 13.4. The zero-order valence-electron chi connectivity index (χ0n) is 12.9. The maximum absolute atomic E-state index is 12.9. The lowest BCUT2D eigenvalue weighted by atomic mass is 10.1. The molecule has 0 aromatic heterocycles. The summed E-state index contributed by atoms with van der Waals surface area (Å²) in [6.45, 7) is 1.07. The van der Waals surface area contributed by atoms with Crippen LogP contribution < -0.4 is 16.4 Å². The van der Waals surface area contributed by atoms with Crippen molar-refractivity contribution < 1.29 is 18.0 Å². The molecule has 0 saturated carbocycles. The average Bonchev–Trinajstić information content (AvgIpc) is 2.54. The standard InChI is InChI=1S/C17H18F3N3O/c18-17(19,20)13-6-7-15(14(10-13)16(22)24)23(9-8-21)11-12-4-2-1-3-5-12/h1-7,10H,8-9,11,21H2,(H2,22,24). The Bertz CT molecular complexity index is 702. The van der Waals surface area contributed by atoms with E-state index in [4.69, 9.17) is 11.5 Å². The number of halogens is 3. The lowest BCUT2D eigenvalue weighted by molar-refractivity contribution is -0.137. The Morgan fingerprint density at radius 1 is 1.08 bits per heavy atom. The van der Waals surface area contributed by atoms with E-state index in [-0.39, 0.29) is 12.1 Å². The molecule has 0 heterocycles. The minimum absolute atomic E-state index is 0.172. The number of nitrogens with two attached hydrogens (primary N) is 2. The Kier molecular flexibility index (Phi) is 5.46. The number of nitrogens with zero attached hydrogens (tertiary/aromatic N) is 1. The van der Waals surface area contributed by atoms with E-state index in [2.05, 4.69) is 0 Å². The fraction of sp³-hybridized carbons (Fsp3) is 0.235. The summed E-state index contributed by atoms with van der Waals surface area (Å²) in [5.74, 6) is -0.911. The minimum atomic E-state index is -4.54. The number of primary amides is 1. The lowest BCUT2D eigenvalue weighted by Gasteiger charge is -2.26. The van der Waals surface area contributed by atoms with Gasteiger partial charge in [0.05, 0.1) is 11.1 Å². The van der Waals surface area contributed by atoms with E-state index in [1.54, 1.807) is 4.90 Å². The molecule has 4 N–H and O–H groups in total. The maximum atomic E-state index is 12.9. The normalized spacial score (nSPS) is 11.3. The first-order valence-electron chi connectivity index (χ1n) is 7.33. The average molecular weight is 337 g/mol. The van der Waals surface area contributed by atoms with Crippen molar-refractivity contribution in [2.24, 2.45) is 11.5 Å². The van der Waals surface area contributed by atoms with Crippen LogP contribution in [0.3, 0.4) is 0 Å². The van der Waals surface area contributed by atoms with Crippen molar-refractivity contribution in [3.63, 3.8) is 0 Å². The molecule has 2 rings (SSSR count). The van der Waals surface area contributed by atoms with E-state index >= 15 is 0 Å². The third-order valence-electron chi connectivity index (χ3n) is 3.55. The molecule has 2 aromatic rings. The summed E-state index contributed by atoms with van der Waals surface area (Å²) in [5.41, 5.74) is 11.1. The Balaban J connectivity index is 2.43. The predicted octanol–water partition coefficient (Wildman–Crippen LogP) is 2.77. The third-order valence-corrected chi connectivity index (χ3v) is 3.55. The summed E-state index contributed by atoms with van der Waals surface area (Å²) in [6.07, 6.45) is -4.54. The van der Waals surface area contributed by atoms with Crippen LogP contribution in [0.25, 0.3) is 0 Å². The molecule has 1 amide bonds. The SMILES string of the molecule is NCCN(Cc1ccccc1)c1ccc(C(F)(F)F)cc1C(N)=O. The van der Waals surface area contributed by atoms with Crippen molar-refractivity contribution in [3.05, 3.63) is 65.2 Å². The van der Waals surface area contributed by atoms with Gasteiger partial charge in [0.25, 0.3) is 5.91 Å². The van der Waals surface area contributed by atoms with Gasteiger partial charge in [-0.1, -0.05) is 30.3 Å². The highest BCUT2D eigenvalue weighted by Crippen LogP contribution is 2.33. The highest BCUT2D eigenvalue weighted by Gasteiger charge is 2.32. The Hall–Kier alpha value is -2.54. The zero-order chi connectivity index (χ0) is 17.7. The van der Waals surface area contributed by atoms with Gasteiger partial charge < -0.3 is 16.4 Å². The second-order valence-electron chi connectivity index (χ2n) is 5.29. The minimum Gasteiger partial charge on any atom is -0.366 e. The van der Waals surface area contributed by atoms with Crippen LogP contribution in [-0.4, -0.2) is 19.0 Å². The molecule has 24 heavy (non-hydrogen) atoms. The van der Waals surface area contributed by atoms with Gasteiger partial charge in [0.1, 0.15) is 0 Å². The molecule has 0 bridgehead atoms. The number of carbonyl (C=O) groups is 1. The maximum Gasteiger partial charge on any atom is 0.416 e. The van der Waals surface area contributed by atoms with Crippen molar-refractivity contribution in [1.82, 2.24) is 0 Å².